The van der Waals surface area contributed by atoms with Gasteiger partial charge in [-0.15, -0.1) is 11.3 Å². The molecule has 3 rings (SSSR count). The fourth-order valence-corrected chi connectivity index (χ4v) is 3.35. The first-order chi connectivity index (χ1) is 10.6. The molecule has 7 heteroatoms. The van der Waals surface area contributed by atoms with Crippen molar-refractivity contribution in [2.24, 2.45) is 0 Å². The molecular formula is C15H21N5OS. The second kappa shape index (κ2) is 6.18. The number of nitrogens with zero attached hydrogens (tertiary/aromatic N) is 3. The first kappa shape index (κ1) is 15.2. The van der Waals surface area contributed by atoms with E-state index in [1.165, 1.54) is 11.3 Å². The van der Waals surface area contributed by atoms with Gasteiger partial charge in [0.2, 0.25) is 0 Å². The maximum Gasteiger partial charge on any atom is 0.261 e. The Kier molecular flexibility index (Phi) is 4.26. The molecule has 1 aliphatic carbocycles. The first-order valence-electron chi connectivity index (χ1n) is 7.50. The Morgan fingerprint density at radius 3 is 2.86 bits per heavy atom. The number of nitrogens with one attached hydrogen (secondary N) is 2. The van der Waals surface area contributed by atoms with Crippen LogP contribution in [0.3, 0.4) is 0 Å². The molecule has 2 N–H and O–H groups in total. The van der Waals surface area contributed by atoms with Gasteiger partial charge < -0.3 is 15.5 Å². The van der Waals surface area contributed by atoms with E-state index >= 15 is 0 Å². The van der Waals surface area contributed by atoms with E-state index in [-0.39, 0.29) is 5.91 Å². The Hall–Kier alpha value is -1.73. The van der Waals surface area contributed by atoms with Gasteiger partial charge in [0, 0.05) is 19.1 Å². The molecule has 22 heavy (non-hydrogen) atoms. The third kappa shape index (κ3) is 3.20. The molecule has 0 spiro atoms. The minimum Gasteiger partial charge on any atom is -0.368 e. The predicted molar refractivity (Wildman–Crippen MR) is 89.7 cm³/mol. The molecule has 0 unspecified atom stereocenters. The molecule has 0 aliphatic heterocycles. The minimum absolute atomic E-state index is 0.0160. The highest BCUT2D eigenvalue weighted by molar-refractivity contribution is 7.20. The summed E-state index contributed by atoms with van der Waals surface area (Å²) < 4.78 is 0. The largest absolute Gasteiger partial charge is 0.368 e. The fraction of sp³-hybridized carbons (Fsp3) is 0.533. The Balaban J connectivity index is 1.86. The highest BCUT2D eigenvalue weighted by Crippen LogP contribution is 2.33. The summed E-state index contributed by atoms with van der Waals surface area (Å²) in [7, 11) is 4.07. The number of anilines is 1. The van der Waals surface area contributed by atoms with Crippen molar-refractivity contribution in [3.63, 3.8) is 0 Å². The maximum atomic E-state index is 12.3. The van der Waals surface area contributed by atoms with Crippen molar-refractivity contribution in [2.45, 2.75) is 25.8 Å². The summed E-state index contributed by atoms with van der Waals surface area (Å²) in [6, 6.07) is 0.362. The average Bonchev–Trinajstić information content (AvgIpc) is 3.21. The van der Waals surface area contributed by atoms with Gasteiger partial charge in [0.05, 0.1) is 10.3 Å². The smallest absolute Gasteiger partial charge is 0.261 e. The molecule has 6 nitrogen and oxygen atoms in total. The van der Waals surface area contributed by atoms with Crippen LogP contribution in [0.5, 0.6) is 0 Å². The van der Waals surface area contributed by atoms with Crippen molar-refractivity contribution in [3.05, 3.63) is 16.8 Å². The summed E-state index contributed by atoms with van der Waals surface area (Å²) in [4.78, 5) is 24.7. The molecule has 0 saturated heterocycles. The van der Waals surface area contributed by atoms with E-state index in [1.807, 2.05) is 21.0 Å². The number of amides is 1. The highest BCUT2D eigenvalue weighted by Gasteiger charge is 2.26. The van der Waals surface area contributed by atoms with Crippen LogP contribution in [0, 0.1) is 6.92 Å². The number of carbonyl (C=O) groups excluding carboxylic acids is 1. The van der Waals surface area contributed by atoms with Crippen LogP contribution in [0.4, 0.5) is 5.82 Å². The third-order valence-corrected chi connectivity index (χ3v) is 4.90. The van der Waals surface area contributed by atoms with Gasteiger partial charge >= 0.3 is 0 Å². The molecule has 0 aromatic carbocycles. The van der Waals surface area contributed by atoms with Crippen molar-refractivity contribution in [3.8, 4) is 0 Å². The van der Waals surface area contributed by atoms with Gasteiger partial charge in [0.15, 0.2) is 0 Å². The summed E-state index contributed by atoms with van der Waals surface area (Å²) in [6.07, 6.45) is 3.73. The Morgan fingerprint density at radius 2 is 2.18 bits per heavy atom. The summed E-state index contributed by atoms with van der Waals surface area (Å²) in [5, 5.41) is 7.36. The Labute approximate surface area is 133 Å². The summed E-state index contributed by atoms with van der Waals surface area (Å²) >= 11 is 1.44. The van der Waals surface area contributed by atoms with Gasteiger partial charge in [-0.25, -0.2) is 9.97 Å². The van der Waals surface area contributed by atoms with E-state index in [9.17, 15) is 4.79 Å². The summed E-state index contributed by atoms with van der Waals surface area (Å²) in [6.45, 7) is 3.70. The van der Waals surface area contributed by atoms with Crippen molar-refractivity contribution >= 4 is 33.3 Å². The number of fused-ring (bicyclic) bond motifs is 1. The zero-order valence-electron chi connectivity index (χ0n) is 13.1. The van der Waals surface area contributed by atoms with E-state index in [0.29, 0.717) is 6.04 Å². The van der Waals surface area contributed by atoms with Crippen molar-refractivity contribution < 1.29 is 4.79 Å². The Morgan fingerprint density at radius 1 is 1.41 bits per heavy atom. The number of hydrogen-bond donors (Lipinski definition) is 2. The van der Waals surface area contributed by atoms with Crippen molar-refractivity contribution in [1.29, 1.82) is 0 Å². The molecule has 1 saturated carbocycles. The molecule has 0 bridgehead atoms. The van der Waals surface area contributed by atoms with Crippen LogP contribution in [0.25, 0.3) is 10.2 Å². The van der Waals surface area contributed by atoms with E-state index in [0.717, 1.165) is 52.4 Å². The monoisotopic (exact) mass is 319 g/mol. The highest BCUT2D eigenvalue weighted by atomic mass is 32.1. The normalized spacial score (nSPS) is 14.5. The third-order valence-electron chi connectivity index (χ3n) is 3.70. The lowest BCUT2D eigenvalue weighted by Crippen LogP contribution is -2.25. The van der Waals surface area contributed by atoms with Gasteiger partial charge in [0.1, 0.15) is 17.0 Å². The number of likely N-dealkylation sites (N-methyl/N-ethyl adjacent to an activating group) is 1. The standard InChI is InChI=1S/C15H21N5OS/c1-9-11-13(16-6-7-20(2)3)17-8-18-15(11)22-12(9)14(21)19-10-4-5-10/h8,10H,4-7H2,1-3H3,(H,19,21)(H,16,17,18). The van der Waals surface area contributed by atoms with E-state index < -0.39 is 0 Å². The van der Waals surface area contributed by atoms with Crippen LogP contribution < -0.4 is 10.6 Å². The van der Waals surface area contributed by atoms with Crippen LogP contribution in [-0.4, -0.2) is 54.0 Å². The Bertz CT molecular complexity index is 693. The van der Waals surface area contributed by atoms with Crippen LogP contribution in [0.1, 0.15) is 28.1 Å². The average molecular weight is 319 g/mol. The van der Waals surface area contributed by atoms with E-state index in [4.69, 9.17) is 0 Å². The van der Waals surface area contributed by atoms with E-state index in [1.54, 1.807) is 6.33 Å². The number of carbonyl (C=O) groups is 1. The first-order valence-corrected chi connectivity index (χ1v) is 8.31. The van der Waals surface area contributed by atoms with Gasteiger partial charge in [0.25, 0.3) is 5.91 Å². The lowest BCUT2D eigenvalue weighted by atomic mass is 10.2. The number of rotatable bonds is 6. The fourth-order valence-electron chi connectivity index (χ4n) is 2.30. The molecular weight excluding hydrogens is 298 g/mol. The molecule has 2 heterocycles. The van der Waals surface area contributed by atoms with Crippen LogP contribution in [-0.2, 0) is 0 Å². The van der Waals surface area contributed by atoms with Gasteiger partial charge in [-0.05, 0) is 39.4 Å². The number of thiophene rings is 1. The maximum absolute atomic E-state index is 12.3. The SMILES string of the molecule is Cc1c(C(=O)NC2CC2)sc2ncnc(NCCN(C)C)c12. The van der Waals surface area contributed by atoms with Gasteiger partial charge in [-0.1, -0.05) is 0 Å². The lowest BCUT2D eigenvalue weighted by Gasteiger charge is -2.11. The van der Waals surface area contributed by atoms with Gasteiger partial charge in [-0.3, -0.25) is 4.79 Å². The molecule has 2 aromatic heterocycles. The number of hydrogen-bond acceptors (Lipinski definition) is 6. The molecule has 1 fully saturated rings. The van der Waals surface area contributed by atoms with Crippen molar-refractivity contribution in [1.82, 2.24) is 20.2 Å². The molecule has 118 valence electrons. The van der Waals surface area contributed by atoms with Crippen LogP contribution in [0.15, 0.2) is 6.33 Å². The second-order valence-electron chi connectivity index (χ2n) is 5.94. The van der Waals surface area contributed by atoms with Crippen LogP contribution >= 0.6 is 11.3 Å². The predicted octanol–water partition coefficient (Wildman–Crippen LogP) is 1.87. The zero-order valence-corrected chi connectivity index (χ0v) is 14.0. The van der Waals surface area contributed by atoms with E-state index in [2.05, 4.69) is 25.5 Å². The summed E-state index contributed by atoms with van der Waals surface area (Å²) in [5.41, 5.74) is 0.964. The topological polar surface area (TPSA) is 70.1 Å². The second-order valence-corrected chi connectivity index (χ2v) is 6.94. The lowest BCUT2D eigenvalue weighted by molar-refractivity contribution is 0.0954. The quantitative estimate of drug-likeness (QED) is 0.850. The molecule has 0 radical (unpaired) electrons. The number of aryl methyl sites for hydroxylation is 1. The molecule has 1 amide bonds. The minimum atomic E-state index is 0.0160. The molecule has 0 atom stereocenters. The van der Waals surface area contributed by atoms with Crippen molar-refractivity contribution in [2.75, 3.05) is 32.5 Å². The molecule has 1 aliphatic rings. The summed E-state index contributed by atoms with van der Waals surface area (Å²) in [5.74, 6) is 0.827. The van der Waals surface area contributed by atoms with Gasteiger partial charge in [-0.2, -0.15) is 0 Å². The number of aromatic nitrogens is 2. The zero-order chi connectivity index (χ0) is 15.7. The van der Waals surface area contributed by atoms with Crippen LogP contribution in [0.2, 0.25) is 0 Å². The molecule has 2 aromatic rings.